The monoisotopic (exact) mass is 310 g/mol. The van der Waals surface area contributed by atoms with Gasteiger partial charge in [-0.25, -0.2) is 4.79 Å². The zero-order chi connectivity index (χ0) is 16.5. The number of carbonyl (C=O) groups is 1. The van der Waals surface area contributed by atoms with Gasteiger partial charge in [0.1, 0.15) is 12.4 Å². The summed E-state index contributed by atoms with van der Waals surface area (Å²) < 4.78 is 10.7. The third-order valence-electron chi connectivity index (χ3n) is 3.43. The molecule has 0 radical (unpaired) electrons. The molecule has 0 saturated carbocycles. The summed E-state index contributed by atoms with van der Waals surface area (Å²) in [7, 11) is 0. The molecular weight excluding hydrogens is 288 g/mol. The van der Waals surface area contributed by atoms with Gasteiger partial charge in [0.15, 0.2) is 0 Å². The standard InChI is InChI=1S/C20H22O3/c1-3-17-14-19(23-15-16-8-6-5-7-9-16)12-10-18(17)11-13-20(21)22-4-2/h5-14H,3-4,15H2,1-2H3/b13-11+. The molecule has 0 unspecified atom stereocenters. The molecule has 23 heavy (non-hydrogen) atoms. The van der Waals surface area contributed by atoms with Crippen molar-refractivity contribution in [2.45, 2.75) is 26.9 Å². The number of hydrogen-bond donors (Lipinski definition) is 0. The molecule has 0 saturated heterocycles. The highest BCUT2D eigenvalue weighted by Crippen LogP contribution is 2.21. The first-order chi connectivity index (χ1) is 11.2. The topological polar surface area (TPSA) is 35.5 Å². The fourth-order valence-electron chi connectivity index (χ4n) is 2.23. The highest BCUT2D eigenvalue weighted by atomic mass is 16.5. The number of hydrogen-bond acceptors (Lipinski definition) is 3. The minimum Gasteiger partial charge on any atom is -0.489 e. The Morgan fingerprint density at radius 3 is 2.57 bits per heavy atom. The van der Waals surface area contributed by atoms with Gasteiger partial charge in [-0.15, -0.1) is 0 Å². The van der Waals surface area contributed by atoms with Crippen LogP contribution in [0.15, 0.2) is 54.6 Å². The third-order valence-corrected chi connectivity index (χ3v) is 3.43. The molecule has 0 aromatic heterocycles. The average Bonchev–Trinajstić information content (AvgIpc) is 2.59. The molecule has 0 N–H and O–H groups in total. The Morgan fingerprint density at radius 2 is 1.87 bits per heavy atom. The van der Waals surface area contributed by atoms with E-state index in [1.54, 1.807) is 13.0 Å². The van der Waals surface area contributed by atoms with Crippen LogP contribution in [0.2, 0.25) is 0 Å². The van der Waals surface area contributed by atoms with Crippen molar-refractivity contribution in [2.24, 2.45) is 0 Å². The number of carbonyl (C=O) groups excluding carboxylic acids is 1. The minimum atomic E-state index is -0.320. The van der Waals surface area contributed by atoms with E-state index >= 15 is 0 Å². The number of esters is 1. The van der Waals surface area contributed by atoms with Gasteiger partial charge >= 0.3 is 5.97 Å². The Balaban J connectivity index is 2.05. The Kier molecular flexibility index (Phi) is 6.42. The Hall–Kier alpha value is -2.55. The van der Waals surface area contributed by atoms with Crippen molar-refractivity contribution in [1.29, 1.82) is 0 Å². The van der Waals surface area contributed by atoms with Crippen molar-refractivity contribution in [3.05, 3.63) is 71.3 Å². The zero-order valence-corrected chi connectivity index (χ0v) is 13.6. The molecule has 3 nitrogen and oxygen atoms in total. The van der Waals surface area contributed by atoms with E-state index in [4.69, 9.17) is 9.47 Å². The van der Waals surface area contributed by atoms with Crippen molar-refractivity contribution < 1.29 is 14.3 Å². The van der Waals surface area contributed by atoms with Gasteiger partial charge < -0.3 is 9.47 Å². The van der Waals surface area contributed by atoms with Crippen LogP contribution in [-0.4, -0.2) is 12.6 Å². The van der Waals surface area contributed by atoms with Crippen LogP contribution in [-0.2, 0) is 22.6 Å². The summed E-state index contributed by atoms with van der Waals surface area (Å²) in [6.07, 6.45) is 4.12. The van der Waals surface area contributed by atoms with Crippen LogP contribution < -0.4 is 4.74 Å². The molecule has 2 aromatic carbocycles. The molecule has 0 aliphatic rings. The largest absolute Gasteiger partial charge is 0.489 e. The highest BCUT2D eigenvalue weighted by molar-refractivity contribution is 5.87. The number of benzene rings is 2. The summed E-state index contributed by atoms with van der Waals surface area (Å²) in [5, 5.41) is 0. The zero-order valence-electron chi connectivity index (χ0n) is 13.6. The molecule has 0 bridgehead atoms. The van der Waals surface area contributed by atoms with E-state index < -0.39 is 0 Å². The molecular formula is C20H22O3. The lowest BCUT2D eigenvalue weighted by Gasteiger charge is -2.10. The van der Waals surface area contributed by atoms with Crippen molar-refractivity contribution in [1.82, 2.24) is 0 Å². The first kappa shape index (κ1) is 16.8. The summed E-state index contributed by atoms with van der Waals surface area (Å²) >= 11 is 0. The highest BCUT2D eigenvalue weighted by Gasteiger charge is 2.03. The van der Waals surface area contributed by atoms with Gasteiger partial charge in [0.25, 0.3) is 0 Å². The van der Waals surface area contributed by atoms with Crippen molar-refractivity contribution in [3.63, 3.8) is 0 Å². The van der Waals surface area contributed by atoms with Crippen LogP contribution >= 0.6 is 0 Å². The van der Waals surface area contributed by atoms with E-state index in [2.05, 4.69) is 6.92 Å². The van der Waals surface area contributed by atoms with Crippen LogP contribution in [0.4, 0.5) is 0 Å². The van der Waals surface area contributed by atoms with Gasteiger partial charge in [0.05, 0.1) is 6.61 Å². The van der Waals surface area contributed by atoms with Crippen LogP contribution in [0.3, 0.4) is 0 Å². The molecule has 0 atom stereocenters. The summed E-state index contributed by atoms with van der Waals surface area (Å²) in [6, 6.07) is 16.0. The van der Waals surface area contributed by atoms with Crippen molar-refractivity contribution in [2.75, 3.05) is 6.61 Å². The van der Waals surface area contributed by atoms with E-state index in [1.807, 2.05) is 48.5 Å². The van der Waals surface area contributed by atoms with E-state index in [9.17, 15) is 4.79 Å². The SMILES string of the molecule is CCOC(=O)/C=C/c1ccc(OCc2ccccc2)cc1CC. The van der Waals surface area contributed by atoms with Gasteiger partial charge in [-0.1, -0.05) is 43.3 Å². The molecule has 0 amide bonds. The van der Waals surface area contributed by atoms with Gasteiger partial charge in [0.2, 0.25) is 0 Å². The molecule has 0 spiro atoms. The number of aryl methyl sites for hydroxylation is 1. The van der Waals surface area contributed by atoms with E-state index in [0.29, 0.717) is 13.2 Å². The lowest BCUT2D eigenvalue weighted by atomic mass is 10.0. The summed E-state index contributed by atoms with van der Waals surface area (Å²) in [5.74, 6) is 0.512. The average molecular weight is 310 g/mol. The van der Waals surface area contributed by atoms with Crippen LogP contribution in [0.1, 0.15) is 30.5 Å². The normalized spacial score (nSPS) is 10.7. The molecule has 0 fully saturated rings. The molecule has 2 rings (SSSR count). The van der Waals surface area contributed by atoms with Gasteiger partial charge in [-0.3, -0.25) is 0 Å². The lowest BCUT2D eigenvalue weighted by Crippen LogP contribution is -1.99. The van der Waals surface area contributed by atoms with E-state index in [0.717, 1.165) is 28.9 Å². The number of ether oxygens (including phenoxy) is 2. The summed E-state index contributed by atoms with van der Waals surface area (Å²) in [5.41, 5.74) is 3.28. The Labute approximate surface area is 137 Å². The smallest absolute Gasteiger partial charge is 0.330 e. The predicted molar refractivity (Wildman–Crippen MR) is 92.3 cm³/mol. The quantitative estimate of drug-likeness (QED) is 0.561. The summed E-state index contributed by atoms with van der Waals surface area (Å²) in [6.45, 7) is 4.80. The molecule has 120 valence electrons. The second-order valence-corrected chi connectivity index (χ2v) is 5.07. The van der Waals surface area contributed by atoms with E-state index in [1.165, 1.54) is 6.08 Å². The second-order valence-electron chi connectivity index (χ2n) is 5.07. The first-order valence-electron chi connectivity index (χ1n) is 7.87. The molecule has 0 heterocycles. The molecule has 0 aliphatic heterocycles. The lowest BCUT2D eigenvalue weighted by molar-refractivity contribution is -0.137. The maximum absolute atomic E-state index is 11.4. The summed E-state index contributed by atoms with van der Waals surface area (Å²) in [4.78, 5) is 11.4. The molecule has 0 aliphatic carbocycles. The fraction of sp³-hybridized carbons (Fsp3) is 0.250. The molecule has 3 heteroatoms. The van der Waals surface area contributed by atoms with Crippen molar-refractivity contribution >= 4 is 12.0 Å². The third kappa shape index (κ3) is 5.29. The number of rotatable bonds is 7. The predicted octanol–water partition coefficient (Wildman–Crippen LogP) is 4.40. The van der Waals surface area contributed by atoms with Gasteiger partial charge in [-0.2, -0.15) is 0 Å². The van der Waals surface area contributed by atoms with Gasteiger partial charge in [0, 0.05) is 6.08 Å². The van der Waals surface area contributed by atoms with Crippen LogP contribution in [0.25, 0.3) is 6.08 Å². The van der Waals surface area contributed by atoms with Crippen molar-refractivity contribution in [3.8, 4) is 5.75 Å². The fourth-order valence-corrected chi connectivity index (χ4v) is 2.23. The maximum atomic E-state index is 11.4. The minimum absolute atomic E-state index is 0.320. The molecule has 2 aromatic rings. The van der Waals surface area contributed by atoms with Gasteiger partial charge in [-0.05, 0) is 48.2 Å². The van der Waals surface area contributed by atoms with E-state index in [-0.39, 0.29) is 5.97 Å². The van der Waals surface area contributed by atoms with Crippen LogP contribution in [0, 0.1) is 0 Å². The second kappa shape index (κ2) is 8.79. The Morgan fingerprint density at radius 1 is 1.09 bits per heavy atom. The first-order valence-corrected chi connectivity index (χ1v) is 7.87. The Bertz CT molecular complexity index is 660. The van der Waals surface area contributed by atoms with Crippen LogP contribution in [0.5, 0.6) is 5.75 Å². The maximum Gasteiger partial charge on any atom is 0.330 e.